The van der Waals surface area contributed by atoms with Crippen LogP contribution >= 0.6 is 0 Å². The molecule has 0 saturated heterocycles. The van der Waals surface area contributed by atoms with E-state index in [-0.39, 0.29) is 0 Å². The van der Waals surface area contributed by atoms with Crippen molar-refractivity contribution in [2.45, 2.75) is 25.2 Å². The molecule has 1 atom stereocenters. The normalized spacial score (nSPS) is 17.9. The molecule has 2 heterocycles. The molecule has 1 N–H and O–H groups in total. The fourth-order valence-electron chi connectivity index (χ4n) is 5.58. The average molecular weight is 413 g/mol. The molecule has 5 aromatic rings. The molecular formula is C30H24N2. The summed E-state index contributed by atoms with van der Waals surface area (Å²) in [6, 6.07) is 24.4. The highest BCUT2D eigenvalue weighted by Crippen LogP contribution is 2.39. The van der Waals surface area contributed by atoms with Crippen molar-refractivity contribution in [3.05, 3.63) is 108 Å². The van der Waals surface area contributed by atoms with E-state index in [4.69, 9.17) is 0 Å². The van der Waals surface area contributed by atoms with Gasteiger partial charge in [0.1, 0.15) is 0 Å². The van der Waals surface area contributed by atoms with Gasteiger partial charge in [-0.15, -0.1) is 0 Å². The van der Waals surface area contributed by atoms with Gasteiger partial charge in [-0.3, -0.25) is 0 Å². The maximum atomic E-state index is 3.55. The van der Waals surface area contributed by atoms with E-state index < -0.39 is 0 Å². The van der Waals surface area contributed by atoms with Crippen LogP contribution in [0.5, 0.6) is 0 Å². The van der Waals surface area contributed by atoms with Gasteiger partial charge in [0.05, 0.1) is 5.52 Å². The van der Waals surface area contributed by atoms with Crippen molar-refractivity contribution in [2.24, 2.45) is 0 Å². The van der Waals surface area contributed by atoms with Crippen LogP contribution in [0.2, 0.25) is 0 Å². The summed E-state index contributed by atoms with van der Waals surface area (Å²) in [7, 11) is 0. The Hall–Kier alpha value is -3.78. The quantitative estimate of drug-likeness (QED) is 0.305. The second kappa shape index (κ2) is 6.86. The first-order valence-electron chi connectivity index (χ1n) is 11.5. The highest BCUT2D eigenvalue weighted by Gasteiger charge is 2.24. The SMILES string of the molecule is C1=CC(n2c3c(c4ccccc42)CC(c2ccc4[nH]c5ccccc5c4c2)C=C3)=CCC1. The van der Waals surface area contributed by atoms with E-state index in [1.165, 1.54) is 55.2 Å². The zero-order chi connectivity index (χ0) is 21.1. The van der Waals surface area contributed by atoms with Crippen molar-refractivity contribution in [1.29, 1.82) is 0 Å². The Kier molecular flexibility index (Phi) is 3.83. The Bertz CT molecular complexity index is 1600. The highest BCUT2D eigenvalue weighted by molar-refractivity contribution is 6.07. The number of hydrogen-bond acceptors (Lipinski definition) is 0. The lowest BCUT2D eigenvalue weighted by Crippen LogP contribution is -2.08. The summed E-state index contributed by atoms with van der Waals surface area (Å²) in [6.45, 7) is 0. The number of allylic oxidation sites excluding steroid dienone is 5. The van der Waals surface area contributed by atoms with E-state index in [2.05, 4.69) is 107 Å². The third-order valence-corrected chi connectivity index (χ3v) is 7.12. The molecule has 1 unspecified atom stereocenters. The van der Waals surface area contributed by atoms with Gasteiger partial charge < -0.3 is 9.55 Å². The first-order chi connectivity index (χ1) is 15.9. The summed E-state index contributed by atoms with van der Waals surface area (Å²) in [4.78, 5) is 3.55. The molecule has 154 valence electrons. The lowest BCUT2D eigenvalue weighted by molar-refractivity contribution is 0.827. The molecule has 3 aromatic carbocycles. The average Bonchev–Trinajstić information content (AvgIpc) is 3.39. The van der Waals surface area contributed by atoms with E-state index in [0.29, 0.717) is 5.92 Å². The Balaban J connectivity index is 1.36. The van der Waals surface area contributed by atoms with Crippen LogP contribution in [0.15, 0.2) is 91.0 Å². The molecule has 2 heteroatoms. The predicted molar refractivity (Wildman–Crippen MR) is 136 cm³/mol. The monoisotopic (exact) mass is 412 g/mol. The summed E-state index contributed by atoms with van der Waals surface area (Å²) in [5.41, 5.74) is 9.23. The second-order valence-electron chi connectivity index (χ2n) is 8.97. The van der Waals surface area contributed by atoms with Crippen molar-refractivity contribution in [3.63, 3.8) is 0 Å². The minimum absolute atomic E-state index is 0.385. The zero-order valence-electron chi connectivity index (χ0n) is 17.9. The van der Waals surface area contributed by atoms with Crippen LogP contribution in [0.25, 0.3) is 44.5 Å². The summed E-state index contributed by atoms with van der Waals surface area (Å²) >= 11 is 0. The molecule has 2 aliphatic rings. The van der Waals surface area contributed by atoms with Gasteiger partial charge in [0.15, 0.2) is 0 Å². The molecule has 0 amide bonds. The summed E-state index contributed by atoms with van der Waals surface area (Å²) < 4.78 is 2.45. The third-order valence-electron chi connectivity index (χ3n) is 7.12. The lowest BCUT2D eigenvalue weighted by atomic mass is 9.86. The number of fused-ring (bicyclic) bond motifs is 6. The van der Waals surface area contributed by atoms with E-state index in [1.54, 1.807) is 0 Å². The molecule has 32 heavy (non-hydrogen) atoms. The van der Waals surface area contributed by atoms with E-state index >= 15 is 0 Å². The third kappa shape index (κ3) is 2.59. The maximum Gasteiger partial charge on any atom is 0.0537 e. The summed E-state index contributed by atoms with van der Waals surface area (Å²) in [6.07, 6.45) is 15.0. The second-order valence-corrected chi connectivity index (χ2v) is 8.97. The lowest BCUT2D eigenvalue weighted by Gasteiger charge is -2.20. The van der Waals surface area contributed by atoms with Crippen LogP contribution in [0.4, 0.5) is 0 Å². The largest absolute Gasteiger partial charge is 0.355 e. The predicted octanol–water partition coefficient (Wildman–Crippen LogP) is 7.82. The van der Waals surface area contributed by atoms with E-state index in [0.717, 1.165) is 19.3 Å². The Labute approximate surface area is 187 Å². The molecule has 2 aromatic heterocycles. The number of para-hydroxylation sites is 2. The van der Waals surface area contributed by atoms with Gasteiger partial charge >= 0.3 is 0 Å². The molecule has 0 bridgehead atoms. The highest BCUT2D eigenvalue weighted by atomic mass is 15.0. The Morgan fingerprint density at radius 2 is 1.62 bits per heavy atom. The number of H-pyrrole nitrogens is 1. The number of rotatable bonds is 2. The van der Waals surface area contributed by atoms with Crippen LogP contribution in [-0.4, -0.2) is 9.55 Å². The molecule has 0 radical (unpaired) electrons. The molecule has 0 aliphatic heterocycles. The topological polar surface area (TPSA) is 20.7 Å². The van der Waals surface area contributed by atoms with Gasteiger partial charge in [0.2, 0.25) is 0 Å². The molecule has 0 fully saturated rings. The minimum atomic E-state index is 0.385. The molecule has 2 aliphatic carbocycles. The van der Waals surface area contributed by atoms with Crippen molar-refractivity contribution >= 4 is 44.5 Å². The molecule has 2 nitrogen and oxygen atoms in total. The number of aromatic amines is 1. The Morgan fingerprint density at radius 3 is 2.53 bits per heavy atom. The fraction of sp³-hybridized carbons (Fsp3) is 0.133. The fourth-order valence-corrected chi connectivity index (χ4v) is 5.58. The summed E-state index contributed by atoms with van der Waals surface area (Å²) in [5, 5.41) is 4.00. The smallest absolute Gasteiger partial charge is 0.0537 e. The molecular weight excluding hydrogens is 388 g/mol. The Morgan fingerprint density at radius 1 is 0.781 bits per heavy atom. The van der Waals surface area contributed by atoms with Crippen molar-refractivity contribution in [1.82, 2.24) is 9.55 Å². The standard InChI is InChI=1S/C30H24N2/c1-2-8-22(9-3-1)32-29-13-7-5-11-24(29)26-19-21(15-17-30(26)32)20-14-16-28-25(18-20)23-10-4-6-12-27(23)31-28/h2,4-18,21,31H,1,3,19H2. The van der Waals surface area contributed by atoms with Crippen LogP contribution in [0.1, 0.15) is 35.6 Å². The van der Waals surface area contributed by atoms with Gasteiger partial charge in [-0.1, -0.05) is 60.7 Å². The molecule has 0 spiro atoms. The van der Waals surface area contributed by atoms with Crippen molar-refractivity contribution < 1.29 is 0 Å². The molecule has 0 saturated carbocycles. The van der Waals surface area contributed by atoms with Gasteiger partial charge in [-0.2, -0.15) is 0 Å². The number of hydrogen-bond donors (Lipinski definition) is 1. The number of nitrogens with zero attached hydrogens (tertiary/aromatic N) is 1. The van der Waals surface area contributed by atoms with Crippen molar-refractivity contribution in [3.8, 4) is 0 Å². The van der Waals surface area contributed by atoms with Crippen molar-refractivity contribution in [2.75, 3.05) is 0 Å². The zero-order valence-corrected chi connectivity index (χ0v) is 17.9. The van der Waals surface area contributed by atoms with Gasteiger partial charge in [-0.25, -0.2) is 0 Å². The van der Waals surface area contributed by atoms with Crippen LogP contribution in [0, 0.1) is 0 Å². The number of benzene rings is 3. The summed E-state index contributed by atoms with van der Waals surface area (Å²) in [5.74, 6) is 0.385. The van der Waals surface area contributed by atoms with Crippen LogP contribution in [0.3, 0.4) is 0 Å². The number of aromatic nitrogens is 2. The van der Waals surface area contributed by atoms with Gasteiger partial charge in [-0.05, 0) is 66.8 Å². The van der Waals surface area contributed by atoms with E-state index in [9.17, 15) is 0 Å². The van der Waals surface area contributed by atoms with Crippen LogP contribution in [-0.2, 0) is 6.42 Å². The molecule has 7 rings (SSSR count). The minimum Gasteiger partial charge on any atom is -0.355 e. The van der Waals surface area contributed by atoms with E-state index in [1.807, 2.05) is 0 Å². The first kappa shape index (κ1) is 17.9. The van der Waals surface area contributed by atoms with Crippen LogP contribution < -0.4 is 0 Å². The number of nitrogens with one attached hydrogen (secondary N) is 1. The van der Waals surface area contributed by atoms with Gasteiger partial charge in [0.25, 0.3) is 0 Å². The van der Waals surface area contributed by atoms with Gasteiger partial charge in [0, 0.05) is 44.5 Å². The first-order valence-corrected chi connectivity index (χ1v) is 11.5. The maximum absolute atomic E-state index is 3.55.